The summed E-state index contributed by atoms with van der Waals surface area (Å²) in [5, 5.41) is 0. The number of ether oxygens (including phenoxy) is 2. The molecule has 69 heavy (non-hydrogen) atoms. The summed E-state index contributed by atoms with van der Waals surface area (Å²) >= 11 is 0. The SMILES string of the molecule is CCCCCCCC/C=C\CCCCCCCCC(CCC[N+](C)(C)C)(COC(=O)CCCCCCC/C=C\CCCCCCCC)COC(=O)CCCCCCC/C=C\CCCCCCCC.[Cl-]. The summed E-state index contributed by atoms with van der Waals surface area (Å²) in [4.78, 5) is 26.5. The second-order valence-electron chi connectivity index (χ2n) is 22.3. The van der Waals surface area contributed by atoms with Gasteiger partial charge in [0.2, 0.25) is 0 Å². The first-order valence-electron chi connectivity index (χ1n) is 30.2. The Balaban J connectivity index is 0. The summed E-state index contributed by atoms with van der Waals surface area (Å²) in [6.45, 7) is 8.61. The van der Waals surface area contributed by atoms with Crippen molar-refractivity contribution >= 4 is 11.9 Å². The topological polar surface area (TPSA) is 52.6 Å². The van der Waals surface area contributed by atoms with E-state index >= 15 is 0 Å². The number of carbonyl (C=O) groups is 2. The van der Waals surface area contributed by atoms with Gasteiger partial charge in [-0.1, -0.05) is 224 Å². The molecule has 408 valence electrons. The summed E-state index contributed by atoms with van der Waals surface area (Å²) in [5.41, 5.74) is -0.327. The Bertz CT molecular complexity index is 1100. The van der Waals surface area contributed by atoms with Crippen molar-refractivity contribution in [1.29, 1.82) is 0 Å². The van der Waals surface area contributed by atoms with Crippen molar-refractivity contribution < 1.29 is 36.0 Å². The largest absolute Gasteiger partial charge is 1.00 e. The summed E-state index contributed by atoms with van der Waals surface area (Å²) in [6.07, 6.45) is 68.6. The number of carbonyl (C=O) groups excluding carboxylic acids is 2. The lowest BCUT2D eigenvalue weighted by molar-refractivity contribution is -0.870. The predicted molar refractivity (Wildman–Crippen MR) is 299 cm³/mol. The summed E-state index contributed by atoms with van der Waals surface area (Å²) in [5.74, 6) is -0.168. The third kappa shape index (κ3) is 54.0. The van der Waals surface area contributed by atoms with E-state index in [1.165, 1.54) is 225 Å². The average Bonchev–Trinajstić information content (AvgIpc) is 3.32. The van der Waals surface area contributed by atoms with Gasteiger partial charge in [0.15, 0.2) is 0 Å². The molecule has 0 N–H and O–H groups in total. The molecule has 0 radical (unpaired) electrons. The van der Waals surface area contributed by atoms with Gasteiger partial charge in [0.1, 0.15) is 13.2 Å². The fourth-order valence-electron chi connectivity index (χ4n) is 9.42. The molecule has 0 spiro atoms. The van der Waals surface area contributed by atoms with Crippen molar-refractivity contribution in [3.63, 3.8) is 0 Å². The Hall–Kier alpha value is -1.59. The van der Waals surface area contributed by atoms with Crippen LogP contribution in [0.1, 0.15) is 310 Å². The molecule has 0 bridgehead atoms. The van der Waals surface area contributed by atoms with Crippen molar-refractivity contribution in [3.05, 3.63) is 36.5 Å². The fraction of sp³-hybridized carbons (Fsp3) is 0.873. The minimum atomic E-state index is -0.327. The fourth-order valence-corrected chi connectivity index (χ4v) is 9.42. The van der Waals surface area contributed by atoms with Gasteiger partial charge in [-0.2, -0.15) is 0 Å². The lowest BCUT2D eigenvalue weighted by atomic mass is 9.79. The van der Waals surface area contributed by atoms with Crippen LogP contribution in [0, 0.1) is 5.41 Å². The molecule has 0 aromatic rings. The second-order valence-corrected chi connectivity index (χ2v) is 22.3. The Morgan fingerprint density at radius 1 is 0.348 bits per heavy atom. The molecular weight excluding hydrogens is 870 g/mol. The molecule has 6 heteroatoms. The maximum absolute atomic E-state index is 13.2. The zero-order chi connectivity index (χ0) is 49.8. The summed E-state index contributed by atoms with van der Waals surface area (Å²) in [6, 6.07) is 0. The Morgan fingerprint density at radius 2 is 0.594 bits per heavy atom. The minimum Gasteiger partial charge on any atom is -1.00 e. The summed E-state index contributed by atoms with van der Waals surface area (Å²) < 4.78 is 13.2. The lowest BCUT2D eigenvalue weighted by Crippen LogP contribution is -3.00. The van der Waals surface area contributed by atoms with Crippen molar-refractivity contribution in [3.8, 4) is 0 Å². The standard InChI is InChI=1S/C63H120NO4.ClH/c1-7-10-13-16-19-22-25-28-31-34-37-40-43-46-49-52-56-63(57-53-58-64(4,5)6,59-67-61(65)54-50-47-44-41-38-35-32-29-26-23-20-17-14-11-8-2)60-68-62(66)55-51-48-45-42-39-36-33-30-27-24-21-18-15-12-9-3;/h28-33H,7-27,34-60H2,1-6H3;1H/q+1;/p-1/b31-28-,32-29-,33-30-;. The number of nitrogens with zero attached hydrogens (tertiary/aromatic N) is 1. The average molecular weight is 991 g/mol. The minimum absolute atomic E-state index is 0. The van der Waals surface area contributed by atoms with Crippen molar-refractivity contribution in [2.24, 2.45) is 5.41 Å². The molecule has 0 aliphatic carbocycles. The zero-order valence-corrected chi connectivity index (χ0v) is 48.1. The lowest BCUT2D eigenvalue weighted by Gasteiger charge is -2.34. The van der Waals surface area contributed by atoms with Crippen LogP contribution in [0.3, 0.4) is 0 Å². The first kappa shape index (κ1) is 69.5. The Kier molecular flexibility index (Phi) is 54.6. The molecule has 0 amide bonds. The van der Waals surface area contributed by atoms with Gasteiger partial charge in [-0.05, 0) is 109 Å². The first-order valence-corrected chi connectivity index (χ1v) is 30.2. The zero-order valence-electron chi connectivity index (χ0n) is 47.4. The smallest absolute Gasteiger partial charge is 0.305 e. The molecule has 0 aliphatic heterocycles. The van der Waals surface area contributed by atoms with Gasteiger partial charge >= 0.3 is 11.9 Å². The number of halogens is 1. The van der Waals surface area contributed by atoms with E-state index in [0.717, 1.165) is 62.4 Å². The van der Waals surface area contributed by atoms with Crippen LogP contribution >= 0.6 is 0 Å². The highest BCUT2D eigenvalue weighted by molar-refractivity contribution is 5.69. The molecular formula is C63H120ClNO4. The van der Waals surface area contributed by atoms with E-state index in [0.29, 0.717) is 26.1 Å². The Morgan fingerprint density at radius 3 is 0.884 bits per heavy atom. The molecule has 0 unspecified atom stereocenters. The maximum Gasteiger partial charge on any atom is 0.305 e. The van der Waals surface area contributed by atoms with Gasteiger partial charge in [0, 0.05) is 18.3 Å². The van der Waals surface area contributed by atoms with Crippen LogP contribution < -0.4 is 12.4 Å². The first-order chi connectivity index (χ1) is 33.2. The molecule has 5 nitrogen and oxygen atoms in total. The highest BCUT2D eigenvalue weighted by Gasteiger charge is 2.34. The van der Waals surface area contributed by atoms with E-state index in [-0.39, 0.29) is 29.8 Å². The Labute approximate surface area is 438 Å². The molecule has 0 aromatic heterocycles. The number of quaternary nitrogens is 1. The van der Waals surface area contributed by atoms with E-state index in [9.17, 15) is 9.59 Å². The van der Waals surface area contributed by atoms with Gasteiger partial charge < -0.3 is 26.4 Å². The molecule has 0 rings (SSSR count). The second kappa shape index (κ2) is 54.2. The third-order valence-electron chi connectivity index (χ3n) is 14.1. The number of hydrogen-bond acceptors (Lipinski definition) is 4. The number of hydrogen-bond donors (Lipinski definition) is 0. The van der Waals surface area contributed by atoms with Gasteiger partial charge in [-0.3, -0.25) is 9.59 Å². The van der Waals surface area contributed by atoms with Crippen LogP contribution in [0.15, 0.2) is 36.5 Å². The highest BCUT2D eigenvalue weighted by atomic mass is 35.5. The van der Waals surface area contributed by atoms with Crippen LogP contribution in [0.2, 0.25) is 0 Å². The highest BCUT2D eigenvalue weighted by Crippen LogP contribution is 2.33. The molecule has 0 saturated heterocycles. The predicted octanol–water partition coefficient (Wildman–Crippen LogP) is 17.1. The third-order valence-corrected chi connectivity index (χ3v) is 14.1. The van der Waals surface area contributed by atoms with E-state index in [1.54, 1.807) is 0 Å². The van der Waals surface area contributed by atoms with Crippen molar-refractivity contribution in [1.82, 2.24) is 0 Å². The maximum atomic E-state index is 13.2. The van der Waals surface area contributed by atoms with Gasteiger partial charge in [0.25, 0.3) is 0 Å². The van der Waals surface area contributed by atoms with Gasteiger partial charge in [0.05, 0.1) is 27.7 Å². The number of allylic oxidation sites excluding steroid dienone is 6. The van der Waals surface area contributed by atoms with Crippen molar-refractivity contribution in [2.75, 3.05) is 40.9 Å². The van der Waals surface area contributed by atoms with Gasteiger partial charge in [-0.15, -0.1) is 0 Å². The van der Waals surface area contributed by atoms with Crippen LogP contribution in [0.25, 0.3) is 0 Å². The van der Waals surface area contributed by atoms with E-state index in [4.69, 9.17) is 9.47 Å². The van der Waals surface area contributed by atoms with Crippen LogP contribution in [-0.4, -0.2) is 57.3 Å². The normalized spacial score (nSPS) is 12.2. The quantitative estimate of drug-likeness (QED) is 0.0264. The van der Waals surface area contributed by atoms with E-state index in [1.807, 2.05) is 0 Å². The van der Waals surface area contributed by atoms with Crippen LogP contribution in [0.4, 0.5) is 0 Å². The van der Waals surface area contributed by atoms with Crippen molar-refractivity contribution in [2.45, 2.75) is 310 Å². The molecule has 0 atom stereocenters. The van der Waals surface area contributed by atoms with Crippen LogP contribution in [0.5, 0.6) is 0 Å². The van der Waals surface area contributed by atoms with Gasteiger partial charge in [-0.25, -0.2) is 0 Å². The number of esters is 2. The molecule has 0 heterocycles. The van der Waals surface area contributed by atoms with E-state index in [2.05, 4.69) is 78.4 Å². The summed E-state index contributed by atoms with van der Waals surface area (Å²) in [7, 11) is 6.74. The van der Waals surface area contributed by atoms with E-state index < -0.39 is 0 Å². The number of rotatable bonds is 54. The van der Waals surface area contributed by atoms with Crippen LogP contribution in [-0.2, 0) is 19.1 Å². The monoisotopic (exact) mass is 990 g/mol. The number of unbranched alkanes of at least 4 members (excludes halogenated alkanes) is 34. The molecule has 0 saturated carbocycles. The molecule has 0 fully saturated rings. The molecule has 0 aliphatic rings. The molecule has 0 aromatic carbocycles.